The van der Waals surface area contributed by atoms with Crippen LogP contribution in [0.5, 0.6) is 0 Å². The van der Waals surface area contributed by atoms with Gasteiger partial charge in [0.25, 0.3) is 0 Å². The van der Waals surface area contributed by atoms with Crippen molar-refractivity contribution in [1.82, 2.24) is 0 Å². The minimum Gasteiger partial charge on any atom is -0.465 e. The van der Waals surface area contributed by atoms with Crippen LogP contribution < -0.4 is 10.6 Å². The zero-order valence-electron chi connectivity index (χ0n) is 10.7. The van der Waals surface area contributed by atoms with Crippen LogP contribution in [0.25, 0.3) is 0 Å². The van der Waals surface area contributed by atoms with Crippen molar-refractivity contribution in [1.29, 1.82) is 0 Å². The van der Waals surface area contributed by atoms with Gasteiger partial charge in [-0.2, -0.15) is 0 Å². The predicted molar refractivity (Wildman–Crippen MR) is 69.9 cm³/mol. The maximum absolute atomic E-state index is 13.9. The van der Waals surface area contributed by atoms with Crippen LogP contribution in [0.3, 0.4) is 0 Å². The van der Waals surface area contributed by atoms with E-state index < -0.39 is 17.8 Å². The van der Waals surface area contributed by atoms with Crippen molar-refractivity contribution >= 4 is 29.3 Å². The maximum atomic E-state index is 13.9. The Balaban J connectivity index is 3.42. The van der Waals surface area contributed by atoms with E-state index in [1.165, 1.54) is 7.11 Å². The van der Waals surface area contributed by atoms with Gasteiger partial charge in [-0.1, -0.05) is 11.6 Å². The van der Waals surface area contributed by atoms with Gasteiger partial charge >= 0.3 is 12.0 Å². The quantitative estimate of drug-likeness (QED) is 0.869. The number of halogens is 2. The predicted octanol–water partition coefficient (Wildman–Crippen LogP) is 2.56. The molecule has 0 aliphatic heterocycles. The standard InChI is InChI=1S/C12H14ClFN2O3/c1-6(2)16(12(15)18)10-4-7(11(17)19-3)8(13)5-9(10)14/h4-6H,1-3H3,(H2,15,18). The zero-order chi connectivity index (χ0) is 14.7. The number of amides is 2. The van der Waals surface area contributed by atoms with Gasteiger partial charge in [-0.05, 0) is 26.0 Å². The first-order valence-corrected chi connectivity index (χ1v) is 5.83. The van der Waals surface area contributed by atoms with Crippen molar-refractivity contribution in [2.75, 3.05) is 12.0 Å². The lowest BCUT2D eigenvalue weighted by Gasteiger charge is -2.25. The molecule has 0 spiro atoms. The number of ether oxygens (including phenoxy) is 1. The number of benzene rings is 1. The summed E-state index contributed by atoms with van der Waals surface area (Å²) in [6.45, 7) is 3.33. The Labute approximate surface area is 115 Å². The minimum absolute atomic E-state index is 0.0348. The second kappa shape index (κ2) is 5.88. The largest absolute Gasteiger partial charge is 0.465 e. The number of primary amides is 1. The van der Waals surface area contributed by atoms with Crippen LogP contribution in [-0.2, 0) is 4.74 Å². The molecular formula is C12H14ClFN2O3. The van der Waals surface area contributed by atoms with Crippen LogP contribution >= 0.6 is 11.6 Å². The molecule has 0 aliphatic carbocycles. The number of esters is 1. The summed E-state index contributed by atoms with van der Waals surface area (Å²) in [7, 11) is 1.18. The van der Waals surface area contributed by atoms with Crippen LogP contribution in [0.4, 0.5) is 14.9 Å². The zero-order valence-corrected chi connectivity index (χ0v) is 11.5. The first-order valence-electron chi connectivity index (χ1n) is 5.45. The Morgan fingerprint density at radius 3 is 2.42 bits per heavy atom. The fraction of sp³-hybridized carbons (Fsp3) is 0.333. The molecule has 2 N–H and O–H groups in total. The molecule has 0 bridgehead atoms. The van der Waals surface area contributed by atoms with E-state index in [2.05, 4.69) is 4.74 Å². The first kappa shape index (κ1) is 15.2. The number of carbonyl (C=O) groups excluding carboxylic acids is 2. The SMILES string of the molecule is COC(=O)c1cc(N(C(N)=O)C(C)C)c(F)cc1Cl. The maximum Gasteiger partial charge on any atom is 0.339 e. The van der Waals surface area contributed by atoms with E-state index in [0.29, 0.717) is 0 Å². The van der Waals surface area contributed by atoms with Gasteiger partial charge in [0, 0.05) is 6.04 Å². The lowest BCUT2D eigenvalue weighted by atomic mass is 10.1. The van der Waals surface area contributed by atoms with E-state index in [1.807, 2.05) is 0 Å². The number of carbonyl (C=O) groups is 2. The van der Waals surface area contributed by atoms with Gasteiger partial charge in [-0.15, -0.1) is 0 Å². The number of methoxy groups -OCH3 is 1. The van der Waals surface area contributed by atoms with Gasteiger partial charge in [0.05, 0.1) is 23.4 Å². The third kappa shape index (κ3) is 3.14. The molecule has 0 radical (unpaired) electrons. The molecule has 0 aromatic heterocycles. The molecule has 1 rings (SSSR count). The number of nitrogens with two attached hydrogens (primary N) is 1. The summed E-state index contributed by atoms with van der Waals surface area (Å²) in [5.41, 5.74) is 5.05. The van der Waals surface area contributed by atoms with Gasteiger partial charge in [-0.25, -0.2) is 14.0 Å². The van der Waals surface area contributed by atoms with Gasteiger partial charge < -0.3 is 10.5 Å². The lowest BCUT2D eigenvalue weighted by Crippen LogP contribution is -2.41. The lowest BCUT2D eigenvalue weighted by molar-refractivity contribution is 0.0601. The van der Waals surface area contributed by atoms with Crippen LogP contribution in [-0.4, -0.2) is 25.2 Å². The number of nitrogens with zero attached hydrogens (tertiary/aromatic N) is 1. The number of hydrogen-bond donors (Lipinski definition) is 1. The van der Waals surface area contributed by atoms with E-state index >= 15 is 0 Å². The summed E-state index contributed by atoms with van der Waals surface area (Å²) in [4.78, 5) is 23.9. The van der Waals surface area contributed by atoms with Crippen molar-refractivity contribution in [3.63, 3.8) is 0 Å². The fourth-order valence-corrected chi connectivity index (χ4v) is 1.87. The Morgan fingerprint density at radius 1 is 1.42 bits per heavy atom. The molecule has 1 aromatic rings. The highest BCUT2D eigenvalue weighted by Crippen LogP contribution is 2.28. The van der Waals surface area contributed by atoms with Crippen LogP contribution in [0.2, 0.25) is 5.02 Å². The van der Waals surface area contributed by atoms with E-state index in [4.69, 9.17) is 17.3 Å². The highest BCUT2D eigenvalue weighted by Gasteiger charge is 2.23. The molecule has 0 heterocycles. The Hall–Kier alpha value is -1.82. The van der Waals surface area contributed by atoms with Gasteiger partial charge in [-0.3, -0.25) is 4.90 Å². The molecule has 19 heavy (non-hydrogen) atoms. The van der Waals surface area contributed by atoms with Crippen molar-refractivity contribution in [2.24, 2.45) is 5.73 Å². The number of rotatable bonds is 3. The Morgan fingerprint density at radius 2 is 2.00 bits per heavy atom. The first-order chi connectivity index (χ1) is 8.79. The molecule has 0 atom stereocenters. The average Bonchev–Trinajstić information content (AvgIpc) is 2.30. The normalized spacial score (nSPS) is 10.4. The molecule has 0 unspecified atom stereocenters. The fourth-order valence-electron chi connectivity index (χ4n) is 1.64. The minimum atomic E-state index is -0.827. The Bertz CT molecular complexity index is 520. The van der Waals surface area contributed by atoms with Crippen LogP contribution in [0.1, 0.15) is 24.2 Å². The van der Waals surface area contributed by atoms with Crippen molar-refractivity contribution in [3.8, 4) is 0 Å². The highest BCUT2D eigenvalue weighted by molar-refractivity contribution is 6.33. The number of hydrogen-bond acceptors (Lipinski definition) is 3. The molecule has 0 saturated carbocycles. The molecule has 0 fully saturated rings. The summed E-state index contributed by atoms with van der Waals surface area (Å²) >= 11 is 5.76. The molecule has 104 valence electrons. The van der Waals surface area contributed by atoms with Gasteiger partial charge in [0.2, 0.25) is 0 Å². The molecule has 7 heteroatoms. The summed E-state index contributed by atoms with van der Waals surface area (Å²) in [6, 6.07) is 0.890. The summed E-state index contributed by atoms with van der Waals surface area (Å²) in [6.07, 6.45) is 0. The van der Waals surface area contributed by atoms with Crippen molar-refractivity contribution in [2.45, 2.75) is 19.9 Å². The van der Waals surface area contributed by atoms with E-state index in [-0.39, 0.29) is 22.3 Å². The summed E-state index contributed by atoms with van der Waals surface area (Å²) in [5, 5.41) is -0.0960. The summed E-state index contributed by atoms with van der Waals surface area (Å²) < 4.78 is 18.4. The van der Waals surface area contributed by atoms with E-state index in [0.717, 1.165) is 17.0 Å². The molecule has 0 aliphatic rings. The van der Waals surface area contributed by atoms with Crippen LogP contribution in [0.15, 0.2) is 12.1 Å². The molecular weight excluding hydrogens is 275 g/mol. The van der Waals surface area contributed by atoms with Gasteiger partial charge in [0.1, 0.15) is 5.82 Å². The highest BCUT2D eigenvalue weighted by atomic mass is 35.5. The third-order valence-corrected chi connectivity index (χ3v) is 2.77. The third-order valence-electron chi connectivity index (χ3n) is 2.46. The second-order valence-electron chi connectivity index (χ2n) is 4.08. The van der Waals surface area contributed by atoms with Crippen molar-refractivity contribution in [3.05, 3.63) is 28.5 Å². The van der Waals surface area contributed by atoms with Gasteiger partial charge in [0.15, 0.2) is 0 Å². The summed E-state index contributed by atoms with van der Waals surface area (Å²) in [5.74, 6) is -1.47. The monoisotopic (exact) mass is 288 g/mol. The second-order valence-corrected chi connectivity index (χ2v) is 4.48. The number of anilines is 1. The molecule has 0 saturated heterocycles. The topological polar surface area (TPSA) is 72.6 Å². The van der Waals surface area contributed by atoms with E-state index in [1.54, 1.807) is 13.8 Å². The molecule has 1 aromatic carbocycles. The molecule has 2 amide bonds. The smallest absolute Gasteiger partial charge is 0.339 e. The van der Waals surface area contributed by atoms with E-state index in [9.17, 15) is 14.0 Å². The molecule has 5 nitrogen and oxygen atoms in total. The Kier molecular flexibility index (Phi) is 4.72. The average molecular weight is 289 g/mol. The van der Waals surface area contributed by atoms with Crippen molar-refractivity contribution < 1.29 is 18.7 Å². The van der Waals surface area contributed by atoms with Crippen LogP contribution in [0, 0.1) is 5.82 Å². The number of urea groups is 1.